The van der Waals surface area contributed by atoms with Gasteiger partial charge in [0.15, 0.2) is 0 Å². The summed E-state index contributed by atoms with van der Waals surface area (Å²) in [5.74, 6) is 1.03. The summed E-state index contributed by atoms with van der Waals surface area (Å²) < 4.78 is 2.25. The average molecular weight is 552 g/mol. The first-order chi connectivity index (χ1) is 21.3. The molecule has 0 atom stereocenters. The van der Waals surface area contributed by atoms with Crippen LogP contribution in [0.2, 0.25) is 0 Å². The second kappa shape index (κ2) is 10.4. The molecule has 0 saturated heterocycles. The lowest BCUT2D eigenvalue weighted by Gasteiger charge is -2.19. The molecule has 0 amide bonds. The van der Waals surface area contributed by atoms with E-state index in [4.69, 9.17) is 9.97 Å². The normalized spacial score (nSPS) is 11.5. The summed E-state index contributed by atoms with van der Waals surface area (Å²) in [6.07, 6.45) is 4.79. The van der Waals surface area contributed by atoms with Gasteiger partial charge in [0.2, 0.25) is 0 Å². The van der Waals surface area contributed by atoms with Crippen LogP contribution in [-0.2, 0) is 6.42 Å². The smallest absolute Gasteiger partial charge is 0.114 e. The van der Waals surface area contributed by atoms with Gasteiger partial charge in [0, 0.05) is 18.2 Å². The van der Waals surface area contributed by atoms with E-state index in [-0.39, 0.29) is 0 Å². The summed E-state index contributed by atoms with van der Waals surface area (Å²) >= 11 is 0. The number of pyridine rings is 1. The SMILES string of the molecule is CCc1nc2ccccc2n1-c1cncc(-c2c3ccccc3c(-c3ccccc3)c3ccc(-c4ccccc4)cc23)c1. The average Bonchev–Trinajstić information content (AvgIpc) is 3.46. The Hall–Kier alpha value is -5.54. The van der Waals surface area contributed by atoms with Gasteiger partial charge in [0.1, 0.15) is 5.82 Å². The lowest BCUT2D eigenvalue weighted by Crippen LogP contribution is -2.01. The van der Waals surface area contributed by atoms with Crippen LogP contribution in [0.1, 0.15) is 12.7 Å². The first-order valence-electron chi connectivity index (χ1n) is 14.8. The zero-order valence-corrected chi connectivity index (χ0v) is 23.9. The van der Waals surface area contributed by atoms with Crippen molar-refractivity contribution in [1.82, 2.24) is 14.5 Å². The molecule has 0 aliphatic carbocycles. The number of hydrogen-bond donors (Lipinski definition) is 0. The first-order valence-corrected chi connectivity index (χ1v) is 14.8. The summed E-state index contributed by atoms with van der Waals surface area (Å²) in [4.78, 5) is 9.76. The van der Waals surface area contributed by atoms with Gasteiger partial charge in [-0.3, -0.25) is 9.55 Å². The Kier molecular flexibility index (Phi) is 6.08. The number of nitrogens with zero attached hydrogens (tertiary/aromatic N) is 3. The molecule has 43 heavy (non-hydrogen) atoms. The lowest BCUT2D eigenvalue weighted by molar-refractivity contribution is 0.904. The van der Waals surface area contributed by atoms with Crippen molar-refractivity contribution in [3.63, 3.8) is 0 Å². The largest absolute Gasteiger partial charge is 0.295 e. The Morgan fingerprint density at radius 1 is 0.512 bits per heavy atom. The van der Waals surface area contributed by atoms with E-state index in [0.717, 1.165) is 34.5 Å². The highest BCUT2D eigenvalue weighted by Crippen LogP contribution is 2.45. The van der Waals surface area contributed by atoms with Crippen molar-refractivity contribution in [2.24, 2.45) is 0 Å². The van der Waals surface area contributed by atoms with Crippen LogP contribution < -0.4 is 0 Å². The van der Waals surface area contributed by atoms with Crippen molar-refractivity contribution in [2.75, 3.05) is 0 Å². The van der Waals surface area contributed by atoms with Gasteiger partial charge in [0.25, 0.3) is 0 Å². The Morgan fingerprint density at radius 2 is 1.14 bits per heavy atom. The number of imidazole rings is 1. The van der Waals surface area contributed by atoms with Crippen molar-refractivity contribution in [3.05, 3.63) is 152 Å². The molecule has 0 aliphatic heterocycles. The maximum absolute atomic E-state index is 4.94. The van der Waals surface area contributed by atoms with Crippen LogP contribution in [0.15, 0.2) is 146 Å². The number of para-hydroxylation sites is 2. The number of hydrogen-bond acceptors (Lipinski definition) is 2. The van der Waals surface area contributed by atoms with Crippen LogP contribution in [-0.4, -0.2) is 14.5 Å². The van der Waals surface area contributed by atoms with Gasteiger partial charge in [-0.05, 0) is 73.6 Å². The van der Waals surface area contributed by atoms with Crippen molar-refractivity contribution in [1.29, 1.82) is 0 Å². The molecule has 0 N–H and O–H groups in total. The topological polar surface area (TPSA) is 30.7 Å². The summed E-state index contributed by atoms with van der Waals surface area (Å²) in [6.45, 7) is 2.16. The Bertz CT molecular complexity index is 2260. The third-order valence-electron chi connectivity index (χ3n) is 8.41. The third kappa shape index (κ3) is 4.21. The van der Waals surface area contributed by atoms with E-state index in [1.807, 2.05) is 18.5 Å². The number of aryl methyl sites for hydroxylation is 1. The lowest BCUT2D eigenvalue weighted by atomic mass is 9.85. The number of aromatic nitrogens is 3. The monoisotopic (exact) mass is 551 g/mol. The summed E-state index contributed by atoms with van der Waals surface area (Å²) in [5.41, 5.74) is 10.3. The van der Waals surface area contributed by atoms with E-state index >= 15 is 0 Å². The molecule has 3 heteroatoms. The van der Waals surface area contributed by atoms with Crippen LogP contribution in [0.4, 0.5) is 0 Å². The molecule has 8 rings (SSSR count). The van der Waals surface area contributed by atoms with Gasteiger partial charge in [-0.1, -0.05) is 116 Å². The van der Waals surface area contributed by atoms with Crippen LogP contribution in [0.25, 0.3) is 71.6 Å². The molecule has 0 fully saturated rings. The van der Waals surface area contributed by atoms with E-state index in [1.165, 1.54) is 49.4 Å². The molecule has 3 nitrogen and oxygen atoms in total. The number of fused-ring (bicyclic) bond motifs is 3. The Balaban J connectivity index is 1.47. The zero-order chi connectivity index (χ0) is 28.8. The fourth-order valence-electron chi connectivity index (χ4n) is 6.50. The quantitative estimate of drug-likeness (QED) is 0.199. The highest BCUT2D eigenvalue weighted by Gasteiger charge is 2.19. The Morgan fingerprint density at radius 3 is 1.88 bits per heavy atom. The molecule has 0 spiro atoms. The van der Waals surface area contributed by atoms with E-state index in [9.17, 15) is 0 Å². The summed E-state index contributed by atoms with van der Waals surface area (Å²) in [5, 5.41) is 4.89. The molecule has 0 bridgehead atoms. The van der Waals surface area contributed by atoms with Crippen molar-refractivity contribution < 1.29 is 0 Å². The van der Waals surface area contributed by atoms with E-state index in [1.54, 1.807) is 0 Å². The van der Waals surface area contributed by atoms with E-state index in [2.05, 4.69) is 139 Å². The highest BCUT2D eigenvalue weighted by atomic mass is 15.1. The minimum atomic E-state index is 0.830. The maximum atomic E-state index is 4.94. The number of benzene rings is 6. The molecule has 0 aliphatic rings. The van der Waals surface area contributed by atoms with Crippen LogP contribution >= 0.6 is 0 Å². The second-order valence-electron chi connectivity index (χ2n) is 10.9. The van der Waals surface area contributed by atoms with Crippen molar-refractivity contribution in [3.8, 4) is 39.1 Å². The van der Waals surface area contributed by atoms with E-state index in [0.29, 0.717) is 0 Å². The summed E-state index contributed by atoms with van der Waals surface area (Å²) in [7, 11) is 0. The molecule has 6 aromatic carbocycles. The van der Waals surface area contributed by atoms with E-state index < -0.39 is 0 Å². The molecule has 0 saturated carbocycles. The molecule has 0 radical (unpaired) electrons. The van der Waals surface area contributed by atoms with Gasteiger partial charge >= 0.3 is 0 Å². The standard InChI is InChI=1S/C40H29N3/c1-2-38-42-36-19-11-12-20-37(36)43(38)31-23-30(25-41-26-31)40-33-18-10-9-17-32(33)39(28-15-7-4-8-16-28)34-22-21-29(24-35(34)40)27-13-5-3-6-14-27/h3-26H,2H2,1H3. The van der Waals surface area contributed by atoms with Gasteiger partial charge in [-0.25, -0.2) is 4.98 Å². The predicted molar refractivity (Wildman–Crippen MR) is 180 cm³/mol. The Labute approximate surface area is 250 Å². The first kappa shape index (κ1) is 25.2. The predicted octanol–water partition coefficient (Wildman–Crippen LogP) is 10.3. The fourth-order valence-corrected chi connectivity index (χ4v) is 6.50. The summed E-state index contributed by atoms with van der Waals surface area (Å²) in [6, 6.07) is 47.7. The van der Waals surface area contributed by atoms with Crippen LogP contribution in [0, 0.1) is 0 Å². The van der Waals surface area contributed by atoms with Crippen molar-refractivity contribution in [2.45, 2.75) is 13.3 Å². The van der Waals surface area contributed by atoms with Gasteiger partial charge in [0.05, 0.1) is 22.9 Å². The minimum Gasteiger partial charge on any atom is -0.295 e. The molecule has 204 valence electrons. The van der Waals surface area contributed by atoms with Crippen molar-refractivity contribution >= 4 is 32.6 Å². The zero-order valence-electron chi connectivity index (χ0n) is 23.9. The molecule has 2 heterocycles. The molecule has 0 unspecified atom stereocenters. The highest BCUT2D eigenvalue weighted by molar-refractivity contribution is 6.22. The minimum absolute atomic E-state index is 0.830. The molecular formula is C40H29N3. The molecule has 8 aromatic rings. The maximum Gasteiger partial charge on any atom is 0.114 e. The molecular weight excluding hydrogens is 522 g/mol. The molecule has 2 aromatic heterocycles. The van der Waals surface area contributed by atoms with Crippen LogP contribution in [0.5, 0.6) is 0 Å². The van der Waals surface area contributed by atoms with Gasteiger partial charge in [-0.15, -0.1) is 0 Å². The second-order valence-corrected chi connectivity index (χ2v) is 10.9. The fraction of sp³-hybridized carbons (Fsp3) is 0.0500. The number of rotatable bonds is 5. The van der Waals surface area contributed by atoms with Gasteiger partial charge < -0.3 is 0 Å². The third-order valence-corrected chi connectivity index (χ3v) is 8.41. The van der Waals surface area contributed by atoms with Crippen LogP contribution in [0.3, 0.4) is 0 Å². The van der Waals surface area contributed by atoms with Gasteiger partial charge in [-0.2, -0.15) is 0 Å².